The Bertz CT molecular complexity index is 569. The molecule has 4 saturated carbocycles. The first kappa shape index (κ1) is 15.4. The first-order chi connectivity index (χ1) is 11.1. The number of carbonyl (C=O) groups excluding carboxylic acids is 2. The quantitative estimate of drug-likeness (QED) is 0.813. The lowest BCUT2D eigenvalue weighted by atomic mass is 9.53. The third kappa shape index (κ3) is 3.38. The minimum atomic E-state index is -0.338. The summed E-state index contributed by atoms with van der Waals surface area (Å²) in [5.74, 6) is 2.21. The molecule has 6 nitrogen and oxygen atoms in total. The van der Waals surface area contributed by atoms with Crippen molar-refractivity contribution in [2.45, 2.75) is 48.4 Å². The molecular formula is C15H20N4O2S2. The second-order valence-electron chi connectivity index (χ2n) is 7.19. The first-order valence-corrected chi connectivity index (χ1v) is 9.98. The summed E-state index contributed by atoms with van der Waals surface area (Å²) in [6.45, 7) is 0. The minimum absolute atomic E-state index is 0.0640. The lowest BCUT2D eigenvalue weighted by Gasteiger charge is -2.56. The average molecular weight is 352 g/mol. The van der Waals surface area contributed by atoms with Gasteiger partial charge in [-0.05, 0) is 56.3 Å². The maximum absolute atomic E-state index is 12.2. The van der Waals surface area contributed by atoms with Crippen molar-refractivity contribution in [2.24, 2.45) is 17.8 Å². The Balaban J connectivity index is 1.29. The van der Waals surface area contributed by atoms with Crippen LogP contribution in [0.5, 0.6) is 0 Å². The molecule has 124 valence electrons. The number of carbonyl (C=O) groups is 2. The van der Waals surface area contributed by atoms with E-state index in [2.05, 4.69) is 20.8 Å². The van der Waals surface area contributed by atoms with Gasteiger partial charge in [0, 0.05) is 5.54 Å². The van der Waals surface area contributed by atoms with Gasteiger partial charge < -0.3 is 5.32 Å². The number of imide groups is 1. The van der Waals surface area contributed by atoms with Crippen molar-refractivity contribution < 1.29 is 9.59 Å². The van der Waals surface area contributed by atoms with Crippen molar-refractivity contribution in [3.8, 4) is 0 Å². The monoisotopic (exact) mass is 352 g/mol. The number of hydrogen-bond donors (Lipinski definition) is 2. The van der Waals surface area contributed by atoms with Gasteiger partial charge in [0.05, 0.1) is 5.75 Å². The van der Waals surface area contributed by atoms with Crippen LogP contribution >= 0.6 is 23.1 Å². The third-order valence-electron chi connectivity index (χ3n) is 5.34. The van der Waals surface area contributed by atoms with Crippen molar-refractivity contribution in [3.05, 3.63) is 5.51 Å². The molecule has 0 spiro atoms. The Kier molecular flexibility index (Phi) is 4.05. The summed E-state index contributed by atoms with van der Waals surface area (Å²) < 4.78 is 0.738. The molecule has 1 aromatic heterocycles. The molecule has 1 heterocycles. The fraction of sp³-hybridized carbons (Fsp3) is 0.733. The van der Waals surface area contributed by atoms with E-state index < -0.39 is 0 Å². The fourth-order valence-corrected chi connectivity index (χ4v) is 6.34. The molecule has 4 fully saturated rings. The summed E-state index contributed by atoms with van der Waals surface area (Å²) in [6, 6.07) is -0.338. The van der Waals surface area contributed by atoms with E-state index >= 15 is 0 Å². The van der Waals surface area contributed by atoms with Gasteiger partial charge in [-0.2, -0.15) is 0 Å². The molecule has 4 aliphatic carbocycles. The molecule has 0 radical (unpaired) electrons. The summed E-state index contributed by atoms with van der Waals surface area (Å²) in [4.78, 5) is 24.1. The predicted molar refractivity (Wildman–Crippen MR) is 88.2 cm³/mol. The highest BCUT2D eigenvalue weighted by atomic mass is 32.2. The standard InChI is InChI=1S/C15H20N4O2S2/c20-12(7-22-14-19-16-8-23-14)17-13(21)18-15-4-9-1-10(5-15)3-11(2-9)6-15/h8-11H,1-7H2,(H2,17,18,20,21). The van der Waals surface area contributed by atoms with Crippen LogP contribution in [0.1, 0.15) is 38.5 Å². The zero-order chi connectivity index (χ0) is 15.9. The van der Waals surface area contributed by atoms with Gasteiger partial charge in [0.25, 0.3) is 0 Å². The number of nitrogens with zero attached hydrogens (tertiary/aromatic N) is 2. The number of nitrogens with one attached hydrogen (secondary N) is 2. The number of aromatic nitrogens is 2. The maximum Gasteiger partial charge on any atom is 0.321 e. The molecule has 0 aromatic carbocycles. The van der Waals surface area contributed by atoms with Gasteiger partial charge in [-0.3, -0.25) is 10.1 Å². The lowest BCUT2D eigenvalue weighted by Crippen LogP contribution is -2.61. The molecule has 5 rings (SSSR count). The highest BCUT2D eigenvalue weighted by Crippen LogP contribution is 2.55. The van der Waals surface area contributed by atoms with Crippen LogP contribution < -0.4 is 10.6 Å². The summed E-state index contributed by atoms with van der Waals surface area (Å²) in [5.41, 5.74) is 1.56. The smallest absolute Gasteiger partial charge is 0.321 e. The molecule has 1 aromatic rings. The van der Waals surface area contributed by atoms with Crippen molar-refractivity contribution in [1.82, 2.24) is 20.8 Å². The van der Waals surface area contributed by atoms with Crippen LogP contribution in [0.3, 0.4) is 0 Å². The number of amides is 3. The normalized spacial score (nSPS) is 34.3. The third-order valence-corrected chi connectivity index (χ3v) is 7.20. The van der Waals surface area contributed by atoms with Crippen LogP contribution in [0.2, 0.25) is 0 Å². The summed E-state index contributed by atoms with van der Waals surface area (Å²) in [6.07, 6.45) is 7.25. The van der Waals surface area contributed by atoms with Crippen LogP contribution in [0.15, 0.2) is 9.85 Å². The van der Waals surface area contributed by atoms with Gasteiger partial charge in [0.15, 0.2) is 4.34 Å². The average Bonchev–Trinajstić information content (AvgIpc) is 2.96. The molecule has 0 unspecified atom stereocenters. The molecule has 3 amide bonds. The molecule has 2 N–H and O–H groups in total. The van der Waals surface area contributed by atoms with Gasteiger partial charge in [-0.25, -0.2) is 4.79 Å². The van der Waals surface area contributed by atoms with Crippen LogP contribution in [0, 0.1) is 17.8 Å². The van der Waals surface area contributed by atoms with E-state index in [9.17, 15) is 9.59 Å². The number of hydrogen-bond acceptors (Lipinski definition) is 6. The molecule has 8 heteroatoms. The number of rotatable bonds is 4. The minimum Gasteiger partial charge on any atom is -0.332 e. The Hall–Kier alpha value is -1.15. The first-order valence-electron chi connectivity index (χ1n) is 8.11. The van der Waals surface area contributed by atoms with Crippen LogP contribution in [0.4, 0.5) is 4.79 Å². The van der Waals surface area contributed by atoms with E-state index in [1.807, 2.05) is 0 Å². The van der Waals surface area contributed by atoms with Crippen LogP contribution in [-0.4, -0.2) is 33.4 Å². The predicted octanol–water partition coefficient (Wildman–Crippen LogP) is 2.42. The van der Waals surface area contributed by atoms with Crippen LogP contribution in [0.25, 0.3) is 0 Å². The van der Waals surface area contributed by atoms with E-state index in [0.717, 1.165) is 41.4 Å². The molecule has 0 atom stereocenters. The second kappa shape index (κ2) is 6.05. The molecule has 4 aliphatic rings. The van der Waals surface area contributed by atoms with E-state index in [1.165, 1.54) is 42.4 Å². The molecule has 23 heavy (non-hydrogen) atoms. The Morgan fingerprint density at radius 3 is 2.43 bits per heavy atom. The lowest BCUT2D eigenvalue weighted by molar-refractivity contribution is -0.117. The SMILES string of the molecule is O=C(CSc1nncs1)NC(=O)NC12CC3CC(CC(C3)C1)C2. The molecule has 0 saturated heterocycles. The highest BCUT2D eigenvalue weighted by molar-refractivity contribution is 8.01. The summed E-state index contributed by atoms with van der Waals surface area (Å²) in [7, 11) is 0. The topological polar surface area (TPSA) is 84.0 Å². The van der Waals surface area contributed by atoms with Gasteiger partial charge in [0.1, 0.15) is 5.51 Å². The summed E-state index contributed by atoms with van der Waals surface area (Å²) >= 11 is 2.69. The van der Waals surface area contributed by atoms with Gasteiger partial charge >= 0.3 is 6.03 Å². The van der Waals surface area contributed by atoms with Crippen LogP contribution in [-0.2, 0) is 4.79 Å². The Morgan fingerprint density at radius 2 is 1.87 bits per heavy atom. The van der Waals surface area contributed by atoms with Crippen molar-refractivity contribution in [2.75, 3.05) is 5.75 Å². The largest absolute Gasteiger partial charge is 0.332 e. The van der Waals surface area contributed by atoms with Gasteiger partial charge in [-0.15, -0.1) is 10.2 Å². The fourth-order valence-electron chi connectivity index (χ4n) is 5.05. The zero-order valence-electron chi connectivity index (χ0n) is 12.8. The Morgan fingerprint density at radius 1 is 1.22 bits per heavy atom. The van der Waals surface area contributed by atoms with E-state index in [-0.39, 0.29) is 23.2 Å². The van der Waals surface area contributed by atoms with Crippen molar-refractivity contribution >= 4 is 35.0 Å². The van der Waals surface area contributed by atoms with Gasteiger partial charge in [-0.1, -0.05) is 23.1 Å². The molecule has 0 aliphatic heterocycles. The van der Waals surface area contributed by atoms with Gasteiger partial charge in [0.2, 0.25) is 5.91 Å². The highest BCUT2D eigenvalue weighted by Gasteiger charge is 2.51. The van der Waals surface area contributed by atoms with E-state index in [4.69, 9.17) is 0 Å². The van der Waals surface area contributed by atoms with Crippen molar-refractivity contribution in [3.63, 3.8) is 0 Å². The summed E-state index contributed by atoms with van der Waals surface area (Å²) in [5, 5.41) is 13.2. The second-order valence-corrected chi connectivity index (χ2v) is 9.25. The zero-order valence-corrected chi connectivity index (χ0v) is 14.4. The molecular weight excluding hydrogens is 332 g/mol. The Labute approximate surface area is 143 Å². The van der Waals surface area contributed by atoms with E-state index in [1.54, 1.807) is 5.51 Å². The number of urea groups is 1. The maximum atomic E-state index is 12.2. The molecule has 4 bridgehead atoms. The van der Waals surface area contributed by atoms with Crippen molar-refractivity contribution in [1.29, 1.82) is 0 Å². The van der Waals surface area contributed by atoms with E-state index in [0.29, 0.717) is 0 Å². The number of thioether (sulfide) groups is 1.